The maximum atomic E-state index is 2.84. The van der Waals surface area contributed by atoms with Crippen LogP contribution in [0.3, 0.4) is 0 Å². The van der Waals surface area contributed by atoms with Crippen molar-refractivity contribution < 1.29 is 0 Å². The first-order chi connectivity index (χ1) is 10.4. The van der Waals surface area contributed by atoms with Crippen LogP contribution in [-0.2, 0) is 0 Å². The van der Waals surface area contributed by atoms with Crippen LogP contribution in [0.4, 0.5) is 0 Å². The van der Waals surface area contributed by atoms with Crippen molar-refractivity contribution in [2.24, 2.45) is 0 Å². The molecule has 4 rings (SSSR count). The lowest BCUT2D eigenvalue weighted by molar-refractivity contribution is 0.0542. The van der Waals surface area contributed by atoms with Crippen LogP contribution in [0.5, 0.6) is 0 Å². The van der Waals surface area contributed by atoms with Crippen molar-refractivity contribution in [3.8, 4) is 0 Å². The van der Waals surface area contributed by atoms with Crippen LogP contribution in [0.15, 0.2) is 0 Å². The van der Waals surface area contributed by atoms with Gasteiger partial charge in [0, 0.05) is 18.1 Å². The highest BCUT2D eigenvalue weighted by Crippen LogP contribution is 2.34. The maximum Gasteiger partial charge on any atom is 0.0125 e. The second kappa shape index (κ2) is 6.55. The minimum absolute atomic E-state index is 0.887. The van der Waals surface area contributed by atoms with Crippen LogP contribution < -0.4 is 0 Å². The first-order valence-electron chi connectivity index (χ1n) is 9.62. The van der Waals surface area contributed by atoms with E-state index in [1.165, 1.54) is 97.1 Å². The molecule has 0 aromatic rings. The van der Waals surface area contributed by atoms with Gasteiger partial charge in [-0.1, -0.05) is 0 Å². The molecule has 0 aromatic heterocycles. The third-order valence-corrected chi connectivity index (χ3v) is 6.60. The molecule has 3 saturated heterocycles. The lowest BCUT2D eigenvalue weighted by atomic mass is 9.84. The van der Waals surface area contributed by atoms with Gasteiger partial charge in [-0.15, -0.1) is 0 Å². The highest BCUT2D eigenvalue weighted by Gasteiger charge is 2.38. The van der Waals surface area contributed by atoms with Crippen molar-refractivity contribution in [3.05, 3.63) is 0 Å². The van der Waals surface area contributed by atoms with Crippen LogP contribution in [0.2, 0.25) is 0 Å². The molecule has 0 radical (unpaired) electrons. The van der Waals surface area contributed by atoms with E-state index < -0.39 is 0 Å². The van der Waals surface area contributed by atoms with E-state index in [1.54, 1.807) is 0 Å². The molecule has 4 fully saturated rings. The SMILES string of the molecule is C1CCN(C2CC(N3CCCC3)CC(N3CCCC3)C2)C1. The summed E-state index contributed by atoms with van der Waals surface area (Å²) in [6, 6.07) is 2.66. The summed E-state index contributed by atoms with van der Waals surface area (Å²) in [7, 11) is 0. The fourth-order valence-electron chi connectivity index (χ4n) is 5.45. The van der Waals surface area contributed by atoms with Crippen LogP contribution in [0.1, 0.15) is 57.8 Å². The first-order valence-corrected chi connectivity index (χ1v) is 9.62. The van der Waals surface area contributed by atoms with Gasteiger partial charge in [0.05, 0.1) is 0 Å². The quantitative estimate of drug-likeness (QED) is 0.791. The highest BCUT2D eigenvalue weighted by molar-refractivity contribution is 4.95. The third kappa shape index (κ3) is 3.16. The van der Waals surface area contributed by atoms with Gasteiger partial charge in [-0.05, 0) is 97.1 Å². The predicted molar refractivity (Wildman–Crippen MR) is 87.6 cm³/mol. The summed E-state index contributed by atoms with van der Waals surface area (Å²) < 4.78 is 0. The summed E-state index contributed by atoms with van der Waals surface area (Å²) >= 11 is 0. The number of hydrogen-bond acceptors (Lipinski definition) is 3. The van der Waals surface area contributed by atoms with Crippen LogP contribution in [0, 0.1) is 0 Å². The molecule has 1 aliphatic carbocycles. The van der Waals surface area contributed by atoms with Gasteiger partial charge in [0.2, 0.25) is 0 Å². The van der Waals surface area contributed by atoms with E-state index in [0.29, 0.717) is 0 Å². The Morgan fingerprint density at radius 2 is 0.619 bits per heavy atom. The normalized spacial score (nSPS) is 40.3. The topological polar surface area (TPSA) is 9.72 Å². The molecule has 0 aromatic carbocycles. The molecule has 3 nitrogen and oxygen atoms in total. The number of likely N-dealkylation sites (tertiary alicyclic amines) is 3. The van der Waals surface area contributed by atoms with Gasteiger partial charge in [-0.2, -0.15) is 0 Å². The molecule has 1 saturated carbocycles. The molecule has 0 unspecified atom stereocenters. The van der Waals surface area contributed by atoms with E-state index in [-0.39, 0.29) is 0 Å². The Kier molecular flexibility index (Phi) is 4.52. The van der Waals surface area contributed by atoms with E-state index in [9.17, 15) is 0 Å². The van der Waals surface area contributed by atoms with E-state index in [1.807, 2.05) is 0 Å². The summed E-state index contributed by atoms with van der Waals surface area (Å²) in [6.07, 6.45) is 13.1. The summed E-state index contributed by atoms with van der Waals surface area (Å²) in [5, 5.41) is 0. The highest BCUT2D eigenvalue weighted by atomic mass is 15.2. The third-order valence-electron chi connectivity index (χ3n) is 6.60. The molecule has 0 bridgehead atoms. The van der Waals surface area contributed by atoms with E-state index in [2.05, 4.69) is 14.7 Å². The minimum atomic E-state index is 0.887. The van der Waals surface area contributed by atoms with Gasteiger partial charge in [0.1, 0.15) is 0 Å². The zero-order chi connectivity index (χ0) is 14.1. The smallest absolute Gasteiger partial charge is 0.0125 e. The van der Waals surface area contributed by atoms with Gasteiger partial charge in [-0.3, -0.25) is 0 Å². The molecule has 3 heterocycles. The largest absolute Gasteiger partial charge is 0.300 e. The zero-order valence-electron chi connectivity index (χ0n) is 13.7. The lowest BCUT2D eigenvalue weighted by Gasteiger charge is -2.45. The van der Waals surface area contributed by atoms with Crippen molar-refractivity contribution in [2.75, 3.05) is 39.3 Å². The second-order valence-electron chi connectivity index (χ2n) is 7.90. The maximum absolute atomic E-state index is 2.84. The molecule has 120 valence electrons. The van der Waals surface area contributed by atoms with Crippen LogP contribution in [0.25, 0.3) is 0 Å². The first kappa shape index (κ1) is 14.5. The molecule has 0 spiro atoms. The van der Waals surface area contributed by atoms with Crippen LogP contribution in [-0.4, -0.2) is 72.1 Å². The van der Waals surface area contributed by atoms with Gasteiger partial charge >= 0.3 is 0 Å². The molecule has 3 aliphatic heterocycles. The monoisotopic (exact) mass is 291 g/mol. The zero-order valence-corrected chi connectivity index (χ0v) is 13.7. The van der Waals surface area contributed by atoms with Crippen molar-refractivity contribution in [2.45, 2.75) is 75.9 Å². The van der Waals surface area contributed by atoms with Crippen LogP contribution >= 0.6 is 0 Å². The van der Waals surface area contributed by atoms with Crippen molar-refractivity contribution >= 4 is 0 Å². The molecule has 0 atom stereocenters. The fraction of sp³-hybridized carbons (Fsp3) is 1.00. The van der Waals surface area contributed by atoms with E-state index >= 15 is 0 Å². The summed E-state index contributed by atoms with van der Waals surface area (Å²) in [5.41, 5.74) is 0. The Labute approximate surface area is 130 Å². The molecule has 0 amide bonds. The van der Waals surface area contributed by atoms with Gasteiger partial charge in [0.15, 0.2) is 0 Å². The van der Waals surface area contributed by atoms with E-state index in [0.717, 1.165) is 18.1 Å². The standard InChI is InChI=1S/C18H33N3/c1-2-8-19(7-1)16-13-17(20-9-3-4-10-20)15-18(14-16)21-11-5-6-12-21/h16-18H,1-15H2. The Balaban J connectivity index is 1.45. The average molecular weight is 291 g/mol. The predicted octanol–water partition coefficient (Wildman–Crippen LogP) is 2.56. The Hall–Kier alpha value is -0.120. The Morgan fingerprint density at radius 1 is 0.381 bits per heavy atom. The van der Waals surface area contributed by atoms with Crippen molar-refractivity contribution in [3.63, 3.8) is 0 Å². The number of rotatable bonds is 3. The van der Waals surface area contributed by atoms with E-state index in [4.69, 9.17) is 0 Å². The Morgan fingerprint density at radius 3 is 0.857 bits per heavy atom. The van der Waals surface area contributed by atoms with Gasteiger partial charge in [0.25, 0.3) is 0 Å². The summed E-state index contributed by atoms with van der Waals surface area (Å²) in [4.78, 5) is 8.52. The molecule has 3 heteroatoms. The average Bonchev–Trinajstić information content (AvgIpc) is 3.29. The van der Waals surface area contributed by atoms with Crippen molar-refractivity contribution in [1.29, 1.82) is 0 Å². The molecular formula is C18H33N3. The fourth-order valence-corrected chi connectivity index (χ4v) is 5.45. The second-order valence-corrected chi connectivity index (χ2v) is 7.90. The Bertz CT molecular complexity index is 269. The minimum Gasteiger partial charge on any atom is -0.300 e. The lowest BCUT2D eigenvalue weighted by Crippen LogP contribution is -2.52. The molecule has 4 aliphatic rings. The summed E-state index contributed by atoms with van der Waals surface area (Å²) in [6.45, 7) is 8.27. The molecule has 21 heavy (non-hydrogen) atoms. The van der Waals surface area contributed by atoms with Crippen molar-refractivity contribution in [1.82, 2.24) is 14.7 Å². The summed E-state index contributed by atoms with van der Waals surface area (Å²) in [5.74, 6) is 0. The van der Waals surface area contributed by atoms with Gasteiger partial charge in [-0.25, -0.2) is 0 Å². The molecule has 0 N–H and O–H groups in total. The number of nitrogens with zero attached hydrogens (tertiary/aromatic N) is 3. The van der Waals surface area contributed by atoms with Gasteiger partial charge < -0.3 is 14.7 Å². The molecular weight excluding hydrogens is 258 g/mol. The number of hydrogen-bond donors (Lipinski definition) is 0.